The van der Waals surface area contributed by atoms with Gasteiger partial charge in [-0.15, -0.1) is 11.6 Å². The van der Waals surface area contributed by atoms with Crippen molar-refractivity contribution in [3.63, 3.8) is 0 Å². The second-order valence-corrected chi connectivity index (χ2v) is 7.09. The first-order valence-electron chi connectivity index (χ1n) is 7.53. The molecule has 1 nitrogen and oxygen atoms in total. The molecule has 0 aliphatic carbocycles. The lowest BCUT2D eigenvalue weighted by Crippen LogP contribution is -2.03. The van der Waals surface area contributed by atoms with Gasteiger partial charge in [-0.3, -0.25) is 0 Å². The van der Waals surface area contributed by atoms with Crippen molar-refractivity contribution < 1.29 is 0 Å². The molecule has 3 aromatic carbocycles. The van der Waals surface area contributed by atoms with Gasteiger partial charge in [-0.25, -0.2) is 0 Å². The van der Waals surface area contributed by atoms with Gasteiger partial charge in [0.25, 0.3) is 0 Å². The quantitative estimate of drug-likeness (QED) is 0.387. The molecule has 118 valence electrons. The maximum Gasteiger partial charge on any atom is 0.0496 e. The minimum atomic E-state index is 0.652. The Labute approximate surface area is 151 Å². The molecule has 1 N–H and O–H groups in total. The molecule has 3 aromatic rings. The molecular formula is C19H17Cl2NS. The second kappa shape index (κ2) is 7.96. The molecule has 0 fully saturated rings. The first-order chi connectivity index (χ1) is 11.3. The summed E-state index contributed by atoms with van der Waals surface area (Å²) >= 11 is 13.7. The van der Waals surface area contributed by atoms with Crippen LogP contribution in [0.25, 0.3) is 10.8 Å². The largest absolute Gasteiger partial charge is 0.384 e. The van der Waals surface area contributed by atoms with Crippen LogP contribution in [-0.2, 0) is 0 Å². The molecule has 0 aliphatic rings. The van der Waals surface area contributed by atoms with Crippen LogP contribution in [0.15, 0.2) is 70.5 Å². The molecule has 0 radical (unpaired) electrons. The third kappa shape index (κ3) is 4.14. The average molecular weight is 362 g/mol. The number of halogens is 2. The van der Waals surface area contributed by atoms with Crippen molar-refractivity contribution >= 4 is 51.4 Å². The molecular weight excluding hydrogens is 345 g/mol. The van der Waals surface area contributed by atoms with Gasteiger partial charge in [-0.05, 0) is 41.5 Å². The summed E-state index contributed by atoms with van der Waals surface area (Å²) in [4.78, 5) is 2.41. The highest BCUT2D eigenvalue weighted by Gasteiger charge is 2.08. The van der Waals surface area contributed by atoms with Crippen molar-refractivity contribution in [2.24, 2.45) is 0 Å². The van der Waals surface area contributed by atoms with Crippen LogP contribution in [0.2, 0.25) is 5.02 Å². The Morgan fingerprint density at radius 3 is 2.61 bits per heavy atom. The zero-order valence-electron chi connectivity index (χ0n) is 12.6. The van der Waals surface area contributed by atoms with E-state index in [-0.39, 0.29) is 0 Å². The van der Waals surface area contributed by atoms with Gasteiger partial charge in [0.1, 0.15) is 0 Å². The van der Waals surface area contributed by atoms with E-state index in [0.29, 0.717) is 5.88 Å². The third-order valence-corrected chi connectivity index (χ3v) is 5.19. The van der Waals surface area contributed by atoms with Crippen molar-refractivity contribution in [2.75, 3.05) is 17.7 Å². The summed E-state index contributed by atoms with van der Waals surface area (Å²) in [5, 5.41) is 6.69. The molecule has 23 heavy (non-hydrogen) atoms. The first-order valence-corrected chi connectivity index (χ1v) is 9.26. The predicted molar refractivity (Wildman–Crippen MR) is 103 cm³/mol. The highest BCUT2D eigenvalue weighted by atomic mass is 35.5. The molecule has 0 spiro atoms. The molecule has 0 heterocycles. The summed E-state index contributed by atoms with van der Waals surface area (Å²) in [5.41, 5.74) is 1.06. The highest BCUT2D eigenvalue weighted by Crippen LogP contribution is 2.38. The molecule has 0 atom stereocenters. The number of alkyl halides is 1. The van der Waals surface area contributed by atoms with Crippen LogP contribution in [0.3, 0.4) is 0 Å². The number of rotatable bonds is 6. The number of hydrogen-bond donors (Lipinski definition) is 1. The number of fused-ring (bicyclic) bond motifs is 1. The van der Waals surface area contributed by atoms with Crippen molar-refractivity contribution in [1.82, 2.24) is 0 Å². The summed E-state index contributed by atoms with van der Waals surface area (Å²) in [6.07, 6.45) is 0.923. The molecule has 0 amide bonds. The van der Waals surface area contributed by atoms with E-state index in [4.69, 9.17) is 23.2 Å². The zero-order chi connectivity index (χ0) is 16.1. The van der Waals surface area contributed by atoms with Crippen molar-refractivity contribution in [3.8, 4) is 0 Å². The van der Waals surface area contributed by atoms with Gasteiger partial charge in [0.2, 0.25) is 0 Å². The van der Waals surface area contributed by atoms with E-state index >= 15 is 0 Å². The Hall–Kier alpha value is -1.35. The SMILES string of the molecule is ClCCCNc1cc(Cl)ccc1Sc1cccc2ccccc12. The smallest absolute Gasteiger partial charge is 0.0496 e. The fourth-order valence-electron chi connectivity index (χ4n) is 2.42. The normalized spacial score (nSPS) is 10.9. The van der Waals surface area contributed by atoms with Gasteiger partial charge in [0.15, 0.2) is 0 Å². The van der Waals surface area contributed by atoms with Gasteiger partial charge in [-0.2, -0.15) is 0 Å². The predicted octanol–water partition coefficient (Wildman–Crippen LogP) is 6.69. The molecule has 0 saturated heterocycles. The second-order valence-electron chi connectivity index (χ2n) is 5.19. The third-order valence-electron chi connectivity index (χ3n) is 3.54. The first kappa shape index (κ1) is 16.5. The van der Waals surface area contributed by atoms with E-state index < -0.39 is 0 Å². The molecule has 0 aromatic heterocycles. The van der Waals surface area contributed by atoms with Crippen LogP contribution in [0.1, 0.15) is 6.42 Å². The lowest BCUT2D eigenvalue weighted by molar-refractivity contribution is 0.982. The zero-order valence-corrected chi connectivity index (χ0v) is 14.9. The molecule has 4 heteroatoms. The molecule has 3 rings (SSSR count). The average Bonchev–Trinajstić information content (AvgIpc) is 2.58. The molecule has 0 saturated carbocycles. The fraction of sp³-hybridized carbons (Fsp3) is 0.158. The van der Waals surface area contributed by atoms with E-state index in [1.165, 1.54) is 20.6 Å². The van der Waals surface area contributed by atoms with E-state index in [0.717, 1.165) is 23.7 Å². The van der Waals surface area contributed by atoms with Crippen LogP contribution in [0, 0.1) is 0 Å². The molecule has 0 unspecified atom stereocenters. The standard InChI is InChI=1S/C19H17Cl2NS/c20-11-4-12-22-17-13-15(21)9-10-19(17)23-18-8-3-6-14-5-1-2-7-16(14)18/h1-3,5-10,13,22H,4,11-12H2. The number of nitrogens with one attached hydrogen (secondary N) is 1. The maximum absolute atomic E-state index is 6.15. The van der Waals surface area contributed by atoms with Crippen molar-refractivity contribution in [3.05, 3.63) is 65.7 Å². The highest BCUT2D eigenvalue weighted by molar-refractivity contribution is 7.99. The van der Waals surface area contributed by atoms with Crippen LogP contribution in [0.4, 0.5) is 5.69 Å². The van der Waals surface area contributed by atoms with Gasteiger partial charge >= 0.3 is 0 Å². The van der Waals surface area contributed by atoms with E-state index in [1.807, 2.05) is 12.1 Å². The van der Waals surface area contributed by atoms with Crippen LogP contribution in [0.5, 0.6) is 0 Å². The fourth-order valence-corrected chi connectivity index (χ4v) is 3.78. The molecule has 0 aliphatic heterocycles. The Bertz CT molecular complexity index is 799. The summed E-state index contributed by atoms with van der Waals surface area (Å²) in [7, 11) is 0. The number of anilines is 1. The van der Waals surface area contributed by atoms with Crippen molar-refractivity contribution in [2.45, 2.75) is 16.2 Å². The number of benzene rings is 3. The van der Waals surface area contributed by atoms with E-state index in [1.54, 1.807) is 11.8 Å². The van der Waals surface area contributed by atoms with E-state index in [2.05, 4.69) is 53.8 Å². The summed E-state index contributed by atoms with van der Waals surface area (Å²) in [6, 6.07) is 20.8. The Balaban J connectivity index is 1.92. The van der Waals surface area contributed by atoms with Gasteiger partial charge in [0.05, 0.1) is 0 Å². The van der Waals surface area contributed by atoms with Gasteiger partial charge in [0, 0.05) is 32.9 Å². The maximum atomic E-state index is 6.15. The monoisotopic (exact) mass is 361 g/mol. The minimum absolute atomic E-state index is 0.652. The Kier molecular flexibility index (Phi) is 5.71. The van der Waals surface area contributed by atoms with Crippen molar-refractivity contribution in [1.29, 1.82) is 0 Å². The topological polar surface area (TPSA) is 12.0 Å². The minimum Gasteiger partial charge on any atom is -0.384 e. The molecule has 0 bridgehead atoms. The summed E-state index contributed by atoms with van der Waals surface area (Å²) in [5.74, 6) is 0.652. The summed E-state index contributed by atoms with van der Waals surface area (Å²) in [6.45, 7) is 0.840. The van der Waals surface area contributed by atoms with Crippen LogP contribution in [-0.4, -0.2) is 12.4 Å². The Morgan fingerprint density at radius 1 is 0.913 bits per heavy atom. The van der Waals surface area contributed by atoms with Crippen LogP contribution < -0.4 is 5.32 Å². The number of hydrogen-bond acceptors (Lipinski definition) is 2. The van der Waals surface area contributed by atoms with Gasteiger partial charge < -0.3 is 5.32 Å². The summed E-state index contributed by atoms with van der Waals surface area (Å²) < 4.78 is 0. The lowest BCUT2D eigenvalue weighted by atomic mass is 10.1. The lowest BCUT2D eigenvalue weighted by Gasteiger charge is -2.13. The van der Waals surface area contributed by atoms with Gasteiger partial charge in [-0.1, -0.05) is 59.8 Å². The van der Waals surface area contributed by atoms with Crippen LogP contribution >= 0.6 is 35.0 Å². The van der Waals surface area contributed by atoms with E-state index in [9.17, 15) is 0 Å². The Morgan fingerprint density at radius 2 is 1.74 bits per heavy atom.